The Balaban J connectivity index is 1.42. The number of amides is 1. The van der Waals surface area contributed by atoms with Gasteiger partial charge in [0.2, 0.25) is 0 Å². The van der Waals surface area contributed by atoms with Crippen LogP contribution in [-0.4, -0.2) is 45.8 Å². The molecule has 1 amide bonds. The standard InChI is InChI=1S/C23H29N5O3/c1-15-13-18(5-6-20(15)30-4)14-27-9-7-21-25-26-22(28(21)11-10-27)16(2)24-23(29)19-8-12-31-17(19)3/h5-6,8,12-13,16H,7,9-11,14H2,1-4H3,(H,24,29). The van der Waals surface area contributed by atoms with Gasteiger partial charge in [0.05, 0.1) is 25.0 Å². The first-order valence-corrected chi connectivity index (χ1v) is 10.6. The normalized spacial score (nSPS) is 15.2. The lowest BCUT2D eigenvalue weighted by Crippen LogP contribution is -2.30. The Labute approximate surface area is 182 Å². The van der Waals surface area contributed by atoms with Gasteiger partial charge in [-0.15, -0.1) is 10.2 Å². The molecule has 1 N–H and O–H groups in total. The van der Waals surface area contributed by atoms with Crippen LogP contribution in [0.5, 0.6) is 5.75 Å². The van der Waals surface area contributed by atoms with E-state index in [2.05, 4.69) is 44.0 Å². The fraction of sp³-hybridized carbons (Fsp3) is 0.435. The van der Waals surface area contributed by atoms with Gasteiger partial charge in [-0.2, -0.15) is 0 Å². The maximum atomic E-state index is 12.6. The van der Waals surface area contributed by atoms with Crippen LogP contribution < -0.4 is 10.1 Å². The van der Waals surface area contributed by atoms with Gasteiger partial charge in [0.15, 0.2) is 5.82 Å². The number of benzene rings is 1. The Bertz CT molecular complexity index is 1070. The summed E-state index contributed by atoms with van der Waals surface area (Å²) in [6.07, 6.45) is 2.35. The molecule has 4 rings (SSSR count). The minimum Gasteiger partial charge on any atom is -0.496 e. The van der Waals surface area contributed by atoms with Gasteiger partial charge in [0.1, 0.15) is 17.3 Å². The summed E-state index contributed by atoms with van der Waals surface area (Å²) in [6.45, 7) is 9.26. The van der Waals surface area contributed by atoms with Crippen LogP contribution in [0.15, 0.2) is 34.9 Å². The number of nitrogens with zero attached hydrogens (tertiary/aromatic N) is 4. The zero-order chi connectivity index (χ0) is 22.0. The zero-order valence-electron chi connectivity index (χ0n) is 18.5. The number of nitrogens with one attached hydrogen (secondary N) is 1. The first kappa shape index (κ1) is 21.1. The van der Waals surface area contributed by atoms with E-state index < -0.39 is 0 Å². The highest BCUT2D eigenvalue weighted by molar-refractivity contribution is 5.95. The number of aromatic nitrogens is 3. The summed E-state index contributed by atoms with van der Waals surface area (Å²) in [7, 11) is 1.70. The Kier molecular flexibility index (Phi) is 6.08. The van der Waals surface area contributed by atoms with Crippen LogP contribution in [0.4, 0.5) is 0 Å². The molecule has 1 atom stereocenters. The third-order valence-corrected chi connectivity index (χ3v) is 5.85. The number of methoxy groups -OCH3 is 1. The van der Waals surface area contributed by atoms with Gasteiger partial charge >= 0.3 is 0 Å². The number of hydrogen-bond acceptors (Lipinski definition) is 6. The minimum atomic E-state index is -0.251. The van der Waals surface area contributed by atoms with Crippen LogP contribution in [0, 0.1) is 13.8 Å². The summed E-state index contributed by atoms with van der Waals surface area (Å²) in [4.78, 5) is 15.0. The summed E-state index contributed by atoms with van der Waals surface area (Å²) in [5.74, 6) is 3.10. The highest BCUT2D eigenvalue weighted by atomic mass is 16.5. The molecule has 3 aromatic rings. The lowest BCUT2D eigenvalue weighted by atomic mass is 10.1. The molecule has 0 saturated carbocycles. The number of rotatable bonds is 6. The third kappa shape index (κ3) is 4.49. The number of aryl methyl sites for hydroxylation is 2. The van der Waals surface area contributed by atoms with Crippen molar-refractivity contribution in [2.24, 2.45) is 0 Å². The quantitative estimate of drug-likeness (QED) is 0.656. The lowest BCUT2D eigenvalue weighted by molar-refractivity contribution is 0.0936. The summed E-state index contributed by atoms with van der Waals surface area (Å²) >= 11 is 0. The molecule has 8 heteroatoms. The number of carbonyl (C=O) groups excluding carboxylic acids is 1. The highest BCUT2D eigenvalue weighted by Crippen LogP contribution is 2.21. The Hall–Kier alpha value is -3.13. The molecule has 164 valence electrons. The number of fused-ring (bicyclic) bond motifs is 1. The molecule has 2 aromatic heterocycles. The smallest absolute Gasteiger partial charge is 0.255 e. The van der Waals surface area contributed by atoms with E-state index in [4.69, 9.17) is 9.15 Å². The molecule has 1 unspecified atom stereocenters. The maximum absolute atomic E-state index is 12.6. The molecule has 0 saturated heterocycles. The monoisotopic (exact) mass is 423 g/mol. The highest BCUT2D eigenvalue weighted by Gasteiger charge is 2.24. The fourth-order valence-corrected chi connectivity index (χ4v) is 4.12. The van der Waals surface area contributed by atoms with Crippen molar-refractivity contribution in [3.63, 3.8) is 0 Å². The van der Waals surface area contributed by atoms with Gasteiger partial charge in [-0.25, -0.2) is 0 Å². The molecule has 1 aromatic carbocycles. The Morgan fingerprint density at radius 3 is 2.77 bits per heavy atom. The second kappa shape index (κ2) is 8.93. The summed E-state index contributed by atoms with van der Waals surface area (Å²) in [5, 5.41) is 11.8. The first-order chi connectivity index (χ1) is 15.0. The summed E-state index contributed by atoms with van der Waals surface area (Å²) < 4.78 is 12.8. The van der Waals surface area contributed by atoms with Gasteiger partial charge in [0.25, 0.3) is 5.91 Å². The average molecular weight is 424 g/mol. The molecule has 8 nitrogen and oxygen atoms in total. The number of carbonyl (C=O) groups is 1. The van der Waals surface area contributed by atoms with Crippen molar-refractivity contribution in [3.8, 4) is 5.75 Å². The van der Waals surface area contributed by atoms with Gasteiger partial charge in [-0.3, -0.25) is 9.69 Å². The van der Waals surface area contributed by atoms with Crippen molar-refractivity contribution in [1.29, 1.82) is 0 Å². The van der Waals surface area contributed by atoms with Crippen molar-refractivity contribution in [2.75, 3.05) is 20.2 Å². The largest absolute Gasteiger partial charge is 0.496 e. The van der Waals surface area contributed by atoms with Gasteiger partial charge in [-0.05, 0) is 44.0 Å². The van der Waals surface area contributed by atoms with E-state index >= 15 is 0 Å². The van der Waals surface area contributed by atoms with Gasteiger partial charge in [-0.1, -0.05) is 12.1 Å². The average Bonchev–Trinajstić information content (AvgIpc) is 3.31. The van der Waals surface area contributed by atoms with E-state index in [0.717, 1.165) is 55.6 Å². The molecular formula is C23H29N5O3. The topological polar surface area (TPSA) is 85.4 Å². The predicted molar refractivity (Wildman–Crippen MR) is 116 cm³/mol. The van der Waals surface area contributed by atoms with Crippen molar-refractivity contribution in [3.05, 3.63) is 64.6 Å². The van der Waals surface area contributed by atoms with Crippen LogP contribution in [0.25, 0.3) is 0 Å². The van der Waals surface area contributed by atoms with Crippen molar-refractivity contribution in [1.82, 2.24) is 25.0 Å². The van der Waals surface area contributed by atoms with E-state index in [1.807, 2.05) is 13.0 Å². The van der Waals surface area contributed by atoms with Gasteiger partial charge < -0.3 is 19.0 Å². The number of ether oxygens (including phenoxy) is 1. The molecule has 31 heavy (non-hydrogen) atoms. The van der Waals surface area contributed by atoms with E-state index in [1.54, 1.807) is 20.1 Å². The molecule has 0 aliphatic carbocycles. The third-order valence-electron chi connectivity index (χ3n) is 5.85. The summed E-state index contributed by atoms with van der Waals surface area (Å²) in [5.41, 5.74) is 2.96. The van der Waals surface area contributed by atoms with E-state index in [-0.39, 0.29) is 11.9 Å². The second-order valence-electron chi connectivity index (χ2n) is 8.04. The lowest BCUT2D eigenvalue weighted by Gasteiger charge is -2.20. The van der Waals surface area contributed by atoms with E-state index in [1.165, 1.54) is 11.8 Å². The Morgan fingerprint density at radius 1 is 1.23 bits per heavy atom. The SMILES string of the molecule is COc1ccc(CN2CCc3nnc(C(C)NC(=O)c4ccoc4C)n3CC2)cc1C. The fourth-order valence-electron chi connectivity index (χ4n) is 4.12. The molecule has 0 bridgehead atoms. The van der Waals surface area contributed by atoms with Crippen LogP contribution in [-0.2, 0) is 19.5 Å². The predicted octanol–water partition coefficient (Wildman–Crippen LogP) is 3.05. The number of hydrogen-bond donors (Lipinski definition) is 1. The van der Waals surface area contributed by atoms with Crippen LogP contribution in [0.2, 0.25) is 0 Å². The molecule has 1 aliphatic rings. The molecule has 0 radical (unpaired) electrons. The molecule has 3 heterocycles. The van der Waals surface area contributed by atoms with Crippen molar-refractivity contribution < 1.29 is 13.9 Å². The summed E-state index contributed by atoms with van der Waals surface area (Å²) in [6, 6.07) is 7.77. The van der Waals surface area contributed by atoms with Crippen LogP contribution in [0.3, 0.4) is 0 Å². The first-order valence-electron chi connectivity index (χ1n) is 10.6. The minimum absolute atomic E-state index is 0.166. The van der Waals surface area contributed by atoms with Crippen molar-refractivity contribution in [2.45, 2.75) is 46.3 Å². The molecule has 1 aliphatic heterocycles. The zero-order valence-corrected chi connectivity index (χ0v) is 18.5. The van der Waals surface area contributed by atoms with Crippen LogP contribution in [0.1, 0.15) is 51.9 Å². The van der Waals surface area contributed by atoms with E-state index in [9.17, 15) is 4.79 Å². The molecular weight excluding hydrogens is 394 g/mol. The van der Waals surface area contributed by atoms with Gasteiger partial charge in [0, 0.05) is 32.6 Å². The molecule has 0 fully saturated rings. The van der Waals surface area contributed by atoms with Crippen LogP contribution >= 0.6 is 0 Å². The van der Waals surface area contributed by atoms with E-state index in [0.29, 0.717) is 11.3 Å². The maximum Gasteiger partial charge on any atom is 0.255 e. The Morgan fingerprint density at radius 2 is 2.06 bits per heavy atom. The molecule has 0 spiro atoms. The van der Waals surface area contributed by atoms with Crippen molar-refractivity contribution >= 4 is 5.91 Å². The number of furan rings is 1. The second-order valence-corrected chi connectivity index (χ2v) is 8.04.